The zero-order chi connectivity index (χ0) is 30.8. The Morgan fingerprint density at radius 3 is 2.50 bits per heavy atom. The molecule has 1 saturated heterocycles. The molecule has 0 saturated carbocycles. The first-order valence-corrected chi connectivity index (χ1v) is 16.1. The molecule has 0 bridgehead atoms. The Morgan fingerprint density at radius 1 is 1.07 bits per heavy atom. The summed E-state index contributed by atoms with van der Waals surface area (Å²) in [6.07, 6.45) is 1.88. The normalized spacial score (nSPS) is 16.2. The number of thiophene rings is 1. The number of amides is 3. The first-order chi connectivity index (χ1) is 20.0. The summed E-state index contributed by atoms with van der Waals surface area (Å²) in [6.45, 7) is 13.8. The molecule has 1 aromatic carbocycles. The maximum Gasteiger partial charge on any atom is 0.415 e. The minimum absolute atomic E-state index is 0.0238. The summed E-state index contributed by atoms with van der Waals surface area (Å²) in [7, 11) is 0. The molecule has 3 rings (SSSR count). The lowest BCUT2D eigenvalue weighted by Gasteiger charge is -2.41. The molecular formula is C31H46ClN5O4S. The number of carbonyl (C=O) groups is 3. The minimum atomic E-state index is -0.854. The fourth-order valence-corrected chi connectivity index (χ4v) is 5.78. The van der Waals surface area contributed by atoms with E-state index in [-0.39, 0.29) is 43.2 Å². The summed E-state index contributed by atoms with van der Waals surface area (Å²) in [5.41, 5.74) is 1.84. The number of aryl methyl sites for hydroxylation is 1. The van der Waals surface area contributed by atoms with E-state index in [0.717, 1.165) is 35.4 Å². The van der Waals surface area contributed by atoms with Crippen molar-refractivity contribution in [3.8, 4) is 5.75 Å². The van der Waals surface area contributed by atoms with Crippen LogP contribution >= 0.6 is 22.9 Å². The Morgan fingerprint density at radius 2 is 1.83 bits per heavy atom. The number of benzene rings is 1. The standard InChI is InChI=1S/C31H46ClN5O4S/c1-20(2)33-14-8-7-11-25(35-21(3)4)30(39)37-16-15-36(19-26(37)29(38)34-18-24-10-9-17-42-24)31(40)41-27-13-12-22(5)23(6)28(27)32/h9-10,12-13,17,20-21,25-26,33,35H,7-8,11,14-16,18-19H2,1-6H3,(H,34,38)/t25-,26+/m1/s1. The highest BCUT2D eigenvalue weighted by Gasteiger charge is 2.40. The highest BCUT2D eigenvalue weighted by molar-refractivity contribution is 7.09. The van der Waals surface area contributed by atoms with Crippen LogP contribution in [0.25, 0.3) is 0 Å². The van der Waals surface area contributed by atoms with Gasteiger partial charge < -0.3 is 30.5 Å². The third kappa shape index (κ3) is 9.69. The first kappa shape index (κ1) is 33.8. The minimum Gasteiger partial charge on any atom is -0.409 e. The Bertz CT molecular complexity index is 1190. The molecule has 2 heterocycles. The van der Waals surface area contributed by atoms with Crippen molar-refractivity contribution in [2.45, 2.75) is 91.5 Å². The molecular weight excluding hydrogens is 574 g/mol. The molecule has 3 amide bonds. The quantitative estimate of drug-likeness (QED) is 0.276. The number of rotatable bonds is 13. The number of hydrogen-bond acceptors (Lipinski definition) is 7. The lowest BCUT2D eigenvalue weighted by atomic mass is 10.0. The lowest BCUT2D eigenvalue weighted by molar-refractivity contribution is -0.145. The fraction of sp³-hybridized carbons (Fsp3) is 0.581. The monoisotopic (exact) mass is 619 g/mol. The van der Waals surface area contributed by atoms with Gasteiger partial charge in [-0.15, -0.1) is 11.3 Å². The number of nitrogens with zero attached hydrogens (tertiary/aromatic N) is 2. The third-order valence-electron chi connectivity index (χ3n) is 7.37. The van der Waals surface area contributed by atoms with Crippen LogP contribution in [-0.2, 0) is 16.1 Å². The van der Waals surface area contributed by atoms with Gasteiger partial charge in [-0.1, -0.05) is 57.8 Å². The molecule has 0 spiro atoms. The molecule has 1 aromatic heterocycles. The predicted octanol–water partition coefficient (Wildman–Crippen LogP) is 4.88. The maximum atomic E-state index is 14.0. The van der Waals surface area contributed by atoms with Crippen molar-refractivity contribution in [1.29, 1.82) is 0 Å². The average molecular weight is 620 g/mol. The number of carbonyl (C=O) groups excluding carboxylic acids is 3. The van der Waals surface area contributed by atoms with Crippen LogP contribution in [0.4, 0.5) is 4.79 Å². The Kier molecular flexibility index (Phi) is 13.1. The van der Waals surface area contributed by atoms with Crippen LogP contribution in [0.1, 0.15) is 63.0 Å². The van der Waals surface area contributed by atoms with Crippen LogP contribution < -0.4 is 20.7 Å². The molecule has 0 unspecified atom stereocenters. The zero-order valence-electron chi connectivity index (χ0n) is 25.7. The molecule has 1 fully saturated rings. The van der Waals surface area contributed by atoms with Gasteiger partial charge in [0, 0.05) is 30.1 Å². The SMILES string of the molecule is Cc1ccc(OC(=O)N2CCN(C(=O)[C@@H](CCCCNC(C)C)NC(C)C)[C@H](C(=O)NCc3cccs3)C2)c(Cl)c1C. The summed E-state index contributed by atoms with van der Waals surface area (Å²) in [6, 6.07) is 6.63. The first-order valence-electron chi connectivity index (χ1n) is 14.8. The van der Waals surface area contributed by atoms with Crippen LogP contribution in [0, 0.1) is 13.8 Å². The van der Waals surface area contributed by atoms with E-state index in [1.165, 1.54) is 4.90 Å². The van der Waals surface area contributed by atoms with Gasteiger partial charge in [0.2, 0.25) is 11.8 Å². The second-order valence-corrected chi connectivity index (χ2v) is 12.9. The van der Waals surface area contributed by atoms with Crippen molar-refractivity contribution in [2.24, 2.45) is 0 Å². The van der Waals surface area contributed by atoms with E-state index in [0.29, 0.717) is 24.0 Å². The molecule has 9 nitrogen and oxygen atoms in total. The van der Waals surface area contributed by atoms with Crippen LogP contribution in [-0.4, -0.2) is 78.1 Å². The second-order valence-electron chi connectivity index (χ2n) is 11.5. The molecule has 232 valence electrons. The van der Waals surface area contributed by atoms with Gasteiger partial charge in [0.1, 0.15) is 6.04 Å². The number of ether oxygens (including phenoxy) is 1. The maximum absolute atomic E-state index is 14.0. The van der Waals surface area contributed by atoms with E-state index in [1.54, 1.807) is 22.3 Å². The van der Waals surface area contributed by atoms with Crippen molar-refractivity contribution in [1.82, 2.24) is 25.8 Å². The van der Waals surface area contributed by atoms with Crippen molar-refractivity contribution in [2.75, 3.05) is 26.2 Å². The van der Waals surface area contributed by atoms with Gasteiger partial charge in [-0.25, -0.2) is 4.79 Å². The van der Waals surface area contributed by atoms with E-state index < -0.39 is 18.2 Å². The number of piperazine rings is 1. The summed E-state index contributed by atoms with van der Waals surface area (Å²) in [4.78, 5) is 44.8. The smallest absolute Gasteiger partial charge is 0.409 e. The van der Waals surface area contributed by atoms with E-state index >= 15 is 0 Å². The van der Waals surface area contributed by atoms with Gasteiger partial charge in [0.25, 0.3) is 0 Å². The molecule has 1 aliphatic heterocycles. The largest absolute Gasteiger partial charge is 0.415 e. The van der Waals surface area contributed by atoms with Gasteiger partial charge in [0.15, 0.2) is 5.75 Å². The van der Waals surface area contributed by atoms with Crippen molar-refractivity contribution >= 4 is 40.8 Å². The zero-order valence-corrected chi connectivity index (χ0v) is 27.2. The molecule has 1 aliphatic rings. The Labute approximate surface area is 259 Å². The molecule has 11 heteroatoms. The molecule has 2 aromatic rings. The molecule has 0 aliphatic carbocycles. The third-order valence-corrected chi connectivity index (χ3v) is 8.71. The van der Waals surface area contributed by atoms with Crippen molar-refractivity contribution in [3.05, 3.63) is 50.7 Å². The predicted molar refractivity (Wildman–Crippen MR) is 169 cm³/mol. The van der Waals surface area contributed by atoms with E-state index in [9.17, 15) is 14.4 Å². The molecule has 42 heavy (non-hydrogen) atoms. The summed E-state index contributed by atoms with van der Waals surface area (Å²) in [5, 5.41) is 12.1. The number of nitrogens with one attached hydrogen (secondary N) is 3. The van der Waals surface area contributed by atoms with Gasteiger partial charge in [-0.3, -0.25) is 9.59 Å². The van der Waals surface area contributed by atoms with Gasteiger partial charge in [-0.05, 0) is 61.9 Å². The van der Waals surface area contributed by atoms with Crippen molar-refractivity contribution < 1.29 is 19.1 Å². The lowest BCUT2D eigenvalue weighted by Crippen LogP contribution is -2.64. The number of halogens is 1. The van der Waals surface area contributed by atoms with Gasteiger partial charge in [0.05, 0.1) is 24.2 Å². The van der Waals surface area contributed by atoms with Crippen LogP contribution in [0.2, 0.25) is 5.02 Å². The molecule has 0 radical (unpaired) electrons. The van der Waals surface area contributed by atoms with Crippen LogP contribution in [0.5, 0.6) is 5.75 Å². The topological polar surface area (TPSA) is 103 Å². The molecule has 2 atom stereocenters. The van der Waals surface area contributed by atoms with Crippen molar-refractivity contribution in [3.63, 3.8) is 0 Å². The average Bonchev–Trinajstić information content (AvgIpc) is 3.48. The van der Waals surface area contributed by atoms with E-state index in [4.69, 9.17) is 16.3 Å². The van der Waals surface area contributed by atoms with Gasteiger partial charge >= 0.3 is 6.09 Å². The highest BCUT2D eigenvalue weighted by atomic mass is 35.5. The fourth-order valence-electron chi connectivity index (χ4n) is 4.88. The van der Waals surface area contributed by atoms with Crippen LogP contribution in [0.15, 0.2) is 29.6 Å². The Hall–Kier alpha value is -2.66. The van der Waals surface area contributed by atoms with E-state index in [1.807, 2.05) is 51.3 Å². The summed E-state index contributed by atoms with van der Waals surface area (Å²) >= 11 is 7.99. The second kappa shape index (κ2) is 16.3. The number of hydrogen-bond donors (Lipinski definition) is 3. The van der Waals surface area contributed by atoms with Crippen LogP contribution in [0.3, 0.4) is 0 Å². The summed E-state index contributed by atoms with van der Waals surface area (Å²) in [5.74, 6) is -0.153. The highest BCUT2D eigenvalue weighted by Crippen LogP contribution is 2.30. The molecule has 3 N–H and O–H groups in total. The Balaban J connectivity index is 1.75. The van der Waals surface area contributed by atoms with Gasteiger partial charge in [-0.2, -0.15) is 0 Å². The number of unbranched alkanes of at least 4 members (excludes halogenated alkanes) is 1. The van der Waals surface area contributed by atoms with E-state index in [2.05, 4.69) is 29.8 Å². The summed E-state index contributed by atoms with van der Waals surface area (Å²) < 4.78 is 5.66.